The number of fused-ring (bicyclic) bond motifs is 1. The highest BCUT2D eigenvalue weighted by atomic mass is 35.5. The van der Waals surface area contributed by atoms with E-state index in [1.54, 1.807) is 24.3 Å². The maximum atomic E-state index is 12.7. The summed E-state index contributed by atoms with van der Waals surface area (Å²) in [5.74, 6) is 2.43. The van der Waals surface area contributed by atoms with Gasteiger partial charge >= 0.3 is 0 Å². The van der Waals surface area contributed by atoms with Crippen molar-refractivity contribution in [1.29, 1.82) is 0 Å². The number of amides is 1. The van der Waals surface area contributed by atoms with E-state index >= 15 is 0 Å². The first-order valence-electron chi connectivity index (χ1n) is 9.37. The topological polar surface area (TPSA) is 58.6 Å². The smallest absolute Gasteiger partial charge is 0.260 e. The van der Waals surface area contributed by atoms with Gasteiger partial charge in [-0.1, -0.05) is 11.6 Å². The van der Waals surface area contributed by atoms with Crippen LogP contribution in [0.15, 0.2) is 24.3 Å². The highest BCUT2D eigenvalue weighted by Gasteiger charge is 2.28. The van der Waals surface area contributed by atoms with Crippen molar-refractivity contribution in [2.75, 3.05) is 31.1 Å². The summed E-state index contributed by atoms with van der Waals surface area (Å²) in [6.07, 6.45) is 3.14. The third kappa shape index (κ3) is 4.00. The van der Waals surface area contributed by atoms with Crippen LogP contribution in [-0.2, 0) is 17.8 Å². The fourth-order valence-electron chi connectivity index (χ4n) is 3.69. The summed E-state index contributed by atoms with van der Waals surface area (Å²) in [5, 5.41) is 0.644. The largest absolute Gasteiger partial charge is 0.484 e. The summed E-state index contributed by atoms with van der Waals surface area (Å²) in [4.78, 5) is 26.2. The molecule has 4 rings (SSSR count). The van der Waals surface area contributed by atoms with Crippen molar-refractivity contribution in [3.63, 3.8) is 0 Å². The second kappa shape index (κ2) is 7.72. The van der Waals surface area contributed by atoms with Crippen LogP contribution in [-0.4, -0.2) is 47.0 Å². The predicted octanol–water partition coefficient (Wildman–Crippen LogP) is 3.00. The molecule has 27 heavy (non-hydrogen) atoms. The van der Waals surface area contributed by atoms with E-state index in [0.29, 0.717) is 23.9 Å². The number of hydrogen-bond donors (Lipinski definition) is 0. The number of rotatable bonds is 4. The fourth-order valence-corrected chi connectivity index (χ4v) is 3.81. The Morgan fingerprint density at radius 1 is 1.15 bits per heavy atom. The first kappa shape index (κ1) is 18.0. The molecule has 2 aliphatic rings. The molecule has 0 unspecified atom stereocenters. The zero-order valence-electron chi connectivity index (χ0n) is 15.4. The van der Waals surface area contributed by atoms with Crippen LogP contribution >= 0.6 is 11.6 Å². The summed E-state index contributed by atoms with van der Waals surface area (Å²) in [6, 6.07) is 7.04. The van der Waals surface area contributed by atoms with Crippen molar-refractivity contribution in [2.24, 2.45) is 0 Å². The summed E-state index contributed by atoms with van der Waals surface area (Å²) < 4.78 is 5.62. The minimum absolute atomic E-state index is 0.0166. The molecular weight excluding hydrogens is 364 g/mol. The number of carbonyl (C=O) groups excluding carboxylic acids is 1. The van der Waals surface area contributed by atoms with Crippen molar-refractivity contribution in [3.05, 3.63) is 46.4 Å². The molecule has 1 aromatic carbocycles. The van der Waals surface area contributed by atoms with Crippen LogP contribution in [0.25, 0.3) is 0 Å². The number of benzene rings is 1. The predicted molar refractivity (Wildman–Crippen MR) is 104 cm³/mol. The number of aromatic nitrogens is 2. The molecule has 0 spiro atoms. The van der Waals surface area contributed by atoms with Gasteiger partial charge < -0.3 is 14.5 Å². The molecule has 1 amide bonds. The Hall–Kier alpha value is -2.34. The summed E-state index contributed by atoms with van der Waals surface area (Å²) in [7, 11) is 0. The first-order valence-corrected chi connectivity index (χ1v) is 9.75. The third-order valence-electron chi connectivity index (χ3n) is 5.08. The zero-order chi connectivity index (χ0) is 18.8. The van der Waals surface area contributed by atoms with Crippen molar-refractivity contribution in [2.45, 2.75) is 32.7 Å². The van der Waals surface area contributed by atoms with Crippen LogP contribution in [0.1, 0.15) is 29.9 Å². The number of aryl methyl sites for hydroxylation is 1. The maximum absolute atomic E-state index is 12.7. The Morgan fingerprint density at radius 3 is 2.63 bits per heavy atom. The third-order valence-corrected chi connectivity index (χ3v) is 5.34. The van der Waals surface area contributed by atoms with Gasteiger partial charge in [-0.3, -0.25) is 4.79 Å². The average Bonchev–Trinajstić information content (AvgIpc) is 3.21. The fraction of sp³-hybridized carbons (Fsp3) is 0.450. The Balaban J connectivity index is 1.47. The van der Waals surface area contributed by atoms with Gasteiger partial charge in [0.25, 0.3) is 5.91 Å². The van der Waals surface area contributed by atoms with Crippen LogP contribution in [0.3, 0.4) is 0 Å². The lowest BCUT2D eigenvalue weighted by molar-refractivity contribution is -0.134. The number of halogens is 1. The number of carbonyl (C=O) groups is 1. The lowest BCUT2D eigenvalue weighted by atomic mass is 10.1. The Bertz CT molecular complexity index is 835. The van der Waals surface area contributed by atoms with E-state index in [9.17, 15) is 4.79 Å². The molecule has 0 N–H and O–H groups in total. The molecule has 142 valence electrons. The van der Waals surface area contributed by atoms with Crippen LogP contribution in [0.2, 0.25) is 5.02 Å². The summed E-state index contributed by atoms with van der Waals surface area (Å²) >= 11 is 5.88. The molecule has 0 atom stereocenters. The minimum Gasteiger partial charge on any atom is -0.484 e. The van der Waals surface area contributed by atoms with Crippen LogP contribution in [0.5, 0.6) is 5.75 Å². The van der Waals surface area contributed by atoms with Crippen LogP contribution in [0.4, 0.5) is 5.82 Å². The molecule has 2 aliphatic heterocycles. The molecule has 0 bridgehead atoms. The SMILES string of the molecule is Cc1nc2c(c(N3CCCC3)n1)CN(C(=O)COc1ccc(Cl)cc1)CC2. The average molecular weight is 387 g/mol. The van der Waals surface area contributed by atoms with E-state index in [1.807, 2.05) is 11.8 Å². The molecule has 0 radical (unpaired) electrons. The molecule has 1 fully saturated rings. The lowest BCUT2D eigenvalue weighted by Gasteiger charge is -2.31. The van der Waals surface area contributed by atoms with Gasteiger partial charge in [0.1, 0.15) is 17.4 Å². The number of ether oxygens (including phenoxy) is 1. The van der Waals surface area contributed by atoms with Crippen molar-refractivity contribution >= 4 is 23.3 Å². The number of anilines is 1. The standard InChI is InChI=1S/C20H23ClN4O2/c1-14-22-18-8-11-25(12-17(18)20(23-14)24-9-2-3-10-24)19(26)13-27-16-6-4-15(21)5-7-16/h4-7H,2-3,8-13H2,1H3. The van der Waals surface area contributed by atoms with Gasteiger partial charge in [-0.25, -0.2) is 9.97 Å². The molecule has 0 saturated carbocycles. The normalized spacial score (nSPS) is 16.4. The monoisotopic (exact) mass is 386 g/mol. The molecule has 3 heterocycles. The molecule has 0 aliphatic carbocycles. The van der Waals surface area contributed by atoms with Gasteiger partial charge in [0.2, 0.25) is 0 Å². The van der Waals surface area contributed by atoms with Crippen molar-refractivity contribution < 1.29 is 9.53 Å². The molecule has 2 aromatic rings. The first-order chi connectivity index (χ1) is 13.1. The molecule has 1 aromatic heterocycles. The van der Waals surface area contributed by atoms with Crippen molar-refractivity contribution in [3.8, 4) is 5.75 Å². The molecule has 6 nitrogen and oxygen atoms in total. The van der Waals surface area contributed by atoms with E-state index in [-0.39, 0.29) is 12.5 Å². The highest BCUT2D eigenvalue weighted by Crippen LogP contribution is 2.29. The maximum Gasteiger partial charge on any atom is 0.260 e. The lowest BCUT2D eigenvalue weighted by Crippen LogP contribution is -2.40. The second-order valence-electron chi connectivity index (χ2n) is 7.02. The van der Waals surface area contributed by atoms with Gasteiger partial charge in [0.15, 0.2) is 6.61 Å². The van der Waals surface area contributed by atoms with E-state index in [2.05, 4.69) is 9.88 Å². The van der Waals surface area contributed by atoms with Gasteiger partial charge in [-0.2, -0.15) is 0 Å². The van der Waals surface area contributed by atoms with E-state index in [4.69, 9.17) is 21.3 Å². The Morgan fingerprint density at radius 2 is 1.89 bits per heavy atom. The van der Waals surface area contributed by atoms with Gasteiger partial charge in [0, 0.05) is 36.6 Å². The second-order valence-corrected chi connectivity index (χ2v) is 7.46. The molecular formula is C20H23ClN4O2. The highest BCUT2D eigenvalue weighted by molar-refractivity contribution is 6.30. The number of hydrogen-bond acceptors (Lipinski definition) is 5. The molecule has 1 saturated heterocycles. The van der Waals surface area contributed by atoms with E-state index in [0.717, 1.165) is 42.4 Å². The quantitative estimate of drug-likeness (QED) is 0.808. The van der Waals surface area contributed by atoms with E-state index in [1.165, 1.54) is 12.8 Å². The Kier molecular flexibility index (Phi) is 5.16. The minimum atomic E-state index is -0.0245. The zero-order valence-corrected chi connectivity index (χ0v) is 16.2. The van der Waals surface area contributed by atoms with Gasteiger partial charge in [-0.05, 0) is 44.0 Å². The van der Waals surface area contributed by atoms with Gasteiger partial charge in [0.05, 0.1) is 12.2 Å². The van der Waals surface area contributed by atoms with E-state index < -0.39 is 0 Å². The summed E-state index contributed by atoms with van der Waals surface area (Å²) in [5.41, 5.74) is 2.17. The van der Waals surface area contributed by atoms with Crippen LogP contribution < -0.4 is 9.64 Å². The van der Waals surface area contributed by atoms with Crippen LogP contribution in [0, 0.1) is 6.92 Å². The van der Waals surface area contributed by atoms with Gasteiger partial charge in [-0.15, -0.1) is 0 Å². The number of nitrogens with zero attached hydrogens (tertiary/aromatic N) is 4. The Labute approximate surface area is 164 Å². The molecule has 7 heteroatoms. The summed E-state index contributed by atoms with van der Waals surface area (Å²) in [6.45, 7) is 5.21. The van der Waals surface area contributed by atoms with Crippen molar-refractivity contribution in [1.82, 2.24) is 14.9 Å².